The second-order valence-electron chi connectivity index (χ2n) is 5.06. The number of rotatable bonds is 2. The van der Waals surface area contributed by atoms with Gasteiger partial charge < -0.3 is 0 Å². The molecule has 0 aromatic carbocycles. The van der Waals surface area contributed by atoms with Crippen molar-refractivity contribution >= 4 is 40.3 Å². The van der Waals surface area contributed by atoms with Gasteiger partial charge in [0.05, 0.1) is 0 Å². The van der Waals surface area contributed by atoms with Crippen molar-refractivity contribution in [3.63, 3.8) is 0 Å². The lowest BCUT2D eigenvalue weighted by molar-refractivity contribution is 0.586. The van der Waals surface area contributed by atoms with Gasteiger partial charge in [-0.1, -0.05) is 27.7 Å². The Morgan fingerprint density at radius 3 is 1.14 bits per heavy atom. The molecule has 2 nitrogen and oxygen atoms in total. The monoisotopic (exact) mass is 270 g/mol. The van der Waals surface area contributed by atoms with Crippen molar-refractivity contribution in [1.29, 1.82) is 0 Å². The van der Waals surface area contributed by atoms with E-state index in [0.717, 1.165) is 0 Å². The van der Waals surface area contributed by atoms with Gasteiger partial charge in [-0.25, -0.2) is 7.50 Å². The summed E-state index contributed by atoms with van der Waals surface area (Å²) in [4.78, 5) is 0. The van der Waals surface area contributed by atoms with Crippen LogP contribution in [-0.2, 0) is 0 Å². The highest BCUT2D eigenvalue weighted by Gasteiger charge is 2.68. The van der Waals surface area contributed by atoms with Crippen molar-refractivity contribution < 1.29 is 0 Å². The Bertz CT molecular complexity index is 203. The molecule has 14 heavy (non-hydrogen) atoms. The molecule has 0 bridgehead atoms. The van der Waals surface area contributed by atoms with Crippen molar-refractivity contribution in [1.82, 2.24) is 7.50 Å². The lowest BCUT2D eigenvalue weighted by Crippen LogP contribution is -2.87. The average molecular weight is 271 g/mol. The summed E-state index contributed by atoms with van der Waals surface area (Å²) in [7, 11) is -3.44. The SMILES string of the molecule is CC(C)[Si]1(C)N(Cl)[Si](C)(C(C)C)N1Cl. The van der Waals surface area contributed by atoms with Crippen molar-refractivity contribution in [2.45, 2.75) is 51.9 Å². The van der Waals surface area contributed by atoms with Crippen LogP contribution in [0, 0.1) is 0 Å². The standard InChI is InChI=1S/C8H20Cl2N2Si2/c1-7(2)13(5)11(9)14(6,8(3)4)12(13)10/h7-8H,1-6H3. The Labute approximate surface area is 99.7 Å². The van der Waals surface area contributed by atoms with Gasteiger partial charge in [0.2, 0.25) is 16.8 Å². The summed E-state index contributed by atoms with van der Waals surface area (Å²) in [5.74, 6) is 0. The third-order valence-electron chi connectivity index (χ3n) is 3.78. The molecule has 0 radical (unpaired) electrons. The van der Waals surface area contributed by atoms with E-state index >= 15 is 0 Å². The van der Waals surface area contributed by atoms with Crippen LogP contribution in [0.3, 0.4) is 0 Å². The minimum absolute atomic E-state index is 0.567. The van der Waals surface area contributed by atoms with E-state index in [1.165, 1.54) is 0 Å². The topological polar surface area (TPSA) is 6.48 Å². The zero-order valence-corrected chi connectivity index (χ0v) is 13.3. The minimum Gasteiger partial charge on any atom is -0.233 e. The maximum atomic E-state index is 6.48. The van der Waals surface area contributed by atoms with E-state index in [1.807, 2.05) is 0 Å². The normalized spacial score (nSPS) is 40.7. The summed E-state index contributed by atoms with van der Waals surface area (Å²) < 4.78 is 4.28. The molecule has 1 saturated heterocycles. The smallest absolute Gasteiger partial charge is 0.224 e. The van der Waals surface area contributed by atoms with Crippen molar-refractivity contribution in [3.8, 4) is 0 Å². The number of hydrogen-bond acceptors (Lipinski definition) is 2. The fourth-order valence-corrected chi connectivity index (χ4v) is 19.3. The van der Waals surface area contributed by atoms with Crippen LogP contribution in [0.15, 0.2) is 0 Å². The highest BCUT2D eigenvalue weighted by Crippen LogP contribution is 2.51. The first-order valence-corrected chi connectivity index (χ1v) is 10.7. The summed E-state index contributed by atoms with van der Waals surface area (Å²) in [6.45, 7) is 13.3. The van der Waals surface area contributed by atoms with Gasteiger partial charge in [-0.2, -0.15) is 0 Å². The van der Waals surface area contributed by atoms with E-state index in [9.17, 15) is 0 Å². The molecule has 0 atom stereocenters. The van der Waals surface area contributed by atoms with E-state index in [-0.39, 0.29) is 0 Å². The van der Waals surface area contributed by atoms with Crippen LogP contribution in [0.2, 0.25) is 24.2 Å². The fourth-order valence-electron chi connectivity index (χ4n) is 1.93. The minimum atomic E-state index is -1.72. The molecular weight excluding hydrogens is 251 g/mol. The van der Waals surface area contributed by atoms with Crippen LogP contribution in [-0.4, -0.2) is 24.3 Å². The molecule has 0 N–H and O–H groups in total. The highest BCUT2D eigenvalue weighted by molar-refractivity contribution is 7.13. The van der Waals surface area contributed by atoms with Crippen molar-refractivity contribution in [3.05, 3.63) is 0 Å². The average Bonchev–Trinajstić information content (AvgIpc) is 2.12. The van der Waals surface area contributed by atoms with Crippen LogP contribution in [0.1, 0.15) is 27.7 Å². The van der Waals surface area contributed by atoms with E-state index in [4.69, 9.17) is 23.6 Å². The van der Waals surface area contributed by atoms with Crippen LogP contribution in [0.5, 0.6) is 0 Å². The summed E-state index contributed by atoms with van der Waals surface area (Å²) in [6, 6.07) is 0. The Morgan fingerprint density at radius 1 is 0.786 bits per heavy atom. The van der Waals surface area contributed by atoms with Crippen molar-refractivity contribution in [2.75, 3.05) is 0 Å². The summed E-state index contributed by atoms with van der Waals surface area (Å²) in [5, 5.41) is 0. The maximum absolute atomic E-state index is 6.48. The van der Waals surface area contributed by atoms with E-state index in [2.05, 4.69) is 48.3 Å². The molecule has 6 heteroatoms. The molecular formula is C8H20Cl2N2Si2. The van der Waals surface area contributed by atoms with Gasteiger partial charge in [-0.05, 0) is 47.7 Å². The first kappa shape index (κ1) is 13.0. The van der Waals surface area contributed by atoms with Crippen molar-refractivity contribution in [2.24, 2.45) is 0 Å². The number of hydrogen-bond donors (Lipinski definition) is 0. The third-order valence-corrected chi connectivity index (χ3v) is 20.9. The van der Waals surface area contributed by atoms with E-state index in [1.54, 1.807) is 0 Å². The van der Waals surface area contributed by atoms with Crippen LogP contribution >= 0.6 is 23.6 Å². The Morgan fingerprint density at radius 2 is 1.00 bits per heavy atom. The van der Waals surface area contributed by atoms with Gasteiger partial charge in [0.25, 0.3) is 0 Å². The van der Waals surface area contributed by atoms with Gasteiger partial charge in [-0.3, -0.25) is 0 Å². The molecule has 0 aromatic rings. The fraction of sp³-hybridized carbons (Fsp3) is 1.00. The lowest BCUT2D eigenvalue weighted by Gasteiger charge is -2.65. The molecule has 1 fully saturated rings. The van der Waals surface area contributed by atoms with Crippen LogP contribution in [0.4, 0.5) is 0 Å². The van der Waals surface area contributed by atoms with Gasteiger partial charge >= 0.3 is 0 Å². The molecule has 1 aliphatic rings. The zero-order valence-electron chi connectivity index (χ0n) is 9.81. The largest absolute Gasteiger partial charge is 0.233 e. The molecule has 1 rings (SSSR count). The predicted octanol–water partition coefficient (Wildman–Crippen LogP) is 3.88. The molecule has 0 amide bonds. The predicted molar refractivity (Wildman–Crippen MR) is 68.8 cm³/mol. The second-order valence-corrected chi connectivity index (χ2v) is 16.2. The van der Waals surface area contributed by atoms with Gasteiger partial charge in [0.15, 0.2) is 0 Å². The quantitative estimate of drug-likeness (QED) is 0.555. The Hall–Kier alpha value is 0.934. The summed E-state index contributed by atoms with van der Waals surface area (Å²) >= 11 is 13.0. The van der Waals surface area contributed by atoms with E-state index < -0.39 is 16.8 Å². The molecule has 1 heterocycles. The van der Waals surface area contributed by atoms with Gasteiger partial charge in [-0.15, -0.1) is 0 Å². The summed E-state index contributed by atoms with van der Waals surface area (Å²) in [6.07, 6.45) is 0. The molecule has 0 spiro atoms. The summed E-state index contributed by atoms with van der Waals surface area (Å²) in [5.41, 5.74) is 1.13. The lowest BCUT2D eigenvalue weighted by atomic mass is 10.6. The molecule has 0 unspecified atom stereocenters. The molecule has 84 valence electrons. The maximum Gasteiger partial charge on any atom is 0.224 e. The van der Waals surface area contributed by atoms with E-state index in [0.29, 0.717) is 11.1 Å². The highest BCUT2D eigenvalue weighted by atomic mass is 35.5. The zero-order chi connectivity index (χ0) is 11.3. The Kier molecular flexibility index (Phi) is 3.48. The third kappa shape index (κ3) is 1.35. The molecule has 1 aliphatic heterocycles. The first-order chi connectivity index (χ1) is 6.20. The van der Waals surface area contributed by atoms with Crippen LogP contribution < -0.4 is 0 Å². The number of halogens is 2. The molecule has 0 aromatic heterocycles. The number of nitrogens with zero attached hydrogens (tertiary/aromatic N) is 2. The first-order valence-electron chi connectivity index (χ1n) is 5.12. The molecule has 0 aliphatic carbocycles. The van der Waals surface area contributed by atoms with Gasteiger partial charge in [0.1, 0.15) is 0 Å². The Balaban J connectivity index is 2.95. The van der Waals surface area contributed by atoms with Crippen LogP contribution in [0.25, 0.3) is 0 Å². The molecule has 0 saturated carbocycles. The van der Waals surface area contributed by atoms with Gasteiger partial charge in [0, 0.05) is 0 Å². The second kappa shape index (κ2) is 3.75.